The molecule has 6 aliphatic carbocycles. The van der Waals surface area contributed by atoms with Crippen LogP contribution in [0.4, 0.5) is 0 Å². The summed E-state index contributed by atoms with van der Waals surface area (Å²) in [5, 5.41) is 0. The molecule has 41 heavy (non-hydrogen) atoms. The van der Waals surface area contributed by atoms with Crippen LogP contribution in [0, 0.1) is 41.4 Å². The molecule has 0 aromatic heterocycles. The van der Waals surface area contributed by atoms with Crippen LogP contribution in [0.3, 0.4) is 0 Å². The van der Waals surface area contributed by atoms with Crippen LogP contribution in [-0.2, 0) is 0 Å². The Hall–Kier alpha value is -0.603. The molecule has 1 aromatic carbocycles. The second kappa shape index (κ2) is 11.1. The molecule has 6 saturated carbocycles. The second-order valence-corrected chi connectivity index (χ2v) is 22.3. The highest BCUT2D eigenvalue weighted by Crippen LogP contribution is 2.70. The third kappa shape index (κ3) is 4.44. The summed E-state index contributed by atoms with van der Waals surface area (Å²) in [7, 11) is -1.54. The van der Waals surface area contributed by atoms with Gasteiger partial charge in [-0.1, -0.05) is 115 Å². The topological polar surface area (TPSA) is 3.24 Å². The Kier molecular flexibility index (Phi) is 7.54. The minimum absolute atomic E-state index is 0.832. The maximum Gasteiger partial charge on any atom is 0.0561 e. The van der Waals surface area contributed by atoms with Gasteiger partial charge in [0.25, 0.3) is 0 Å². The maximum atomic E-state index is 3.41. The van der Waals surface area contributed by atoms with Gasteiger partial charge in [0.05, 0.1) is 8.07 Å². The van der Waals surface area contributed by atoms with Crippen molar-refractivity contribution in [1.29, 1.82) is 0 Å². The molecule has 226 valence electrons. The lowest BCUT2D eigenvalue weighted by molar-refractivity contribution is 0.0652. The maximum absolute atomic E-state index is 3.41. The Bertz CT molecular complexity index is 1040. The third-order valence-corrected chi connectivity index (χ3v) is 20.6. The number of benzene rings is 1. The van der Waals surface area contributed by atoms with Crippen molar-refractivity contribution in [2.75, 3.05) is 0 Å². The fourth-order valence-electron chi connectivity index (χ4n) is 14.6. The summed E-state index contributed by atoms with van der Waals surface area (Å²) in [4.78, 5) is 3.41. The van der Waals surface area contributed by atoms with Crippen molar-refractivity contribution in [3.63, 3.8) is 0 Å². The lowest BCUT2D eigenvalue weighted by Crippen LogP contribution is -2.55. The number of hydrogen-bond donors (Lipinski definition) is 0. The Labute approximate surface area is 254 Å². The van der Waals surface area contributed by atoms with Crippen LogP contribution in [0.5, 0.6) is 0 Å². The van der Waals surface area contributed by atoms with E-state index in [2.05, 4.69) is 55.2 Å². The van der Waals surface area contributed by atoms with Crippen molar-refractivity contribution in [2.24, 2.45) is 41.4 Å². The van der Waals surface area contributed by atoms with Crippen LogP contribution < -0.4 is 0 Å². The fraction of sp³-hybridized carbons (Fsp3) is 0.846. The normalized spacial score (nSPS) is 47.0. The van der Waals surface area contributed by atoms with Crippen molar-refractivity contribution < 1.29 is 0 Å². The zero-order valence-corrected chi connectivity index (χ0v) is 27.9. The molecule has 8 rings (SSSR count). The van der Waals surface area contributed by atoms with Gasteiger partial charge in [-0.25, -0.2) is 0 Å². The van der Waals surface area contributed by atoms with Gasteiger partial charge < -0.3 is 0 Å². The molecule has 1 nitrogen and oxygen atoms in total. The number of fused-ring (bicyclic) bond motifs is 6. The monoisotopic (exact) mass is 571 g/mol. The highest BCUT2D eigenvalue weighted by molar-refractivity contribution is 6.80. The first-order chi connectivity index (χ1) is 20.1. The summed E-state index contributed by atoms with van der Waals surface area (Å²) < 4.78 is 0. The number of nitrogens with zero attached hydrogens (tertiary/aromatic N) is 1. The lowest BCUT2D eigenvalue weighted by Gasteiger charge is -2.52. The molecule has 1 heterocycles. The molecule has 0 N–H and O–H groups in total. The molecular formula is C39H61NSi. The Morgan fingerprint density at radius 1 is 0.610 bits per heavy atom. The molecule has 2 heteroatoms. The summed E-state index contributed by atoms with van der Waals surface area (Å²) in [6.45, 7) is 8.75. The van der Waals surface area contributed by atoms with E-state index < -0.39 is 8.07 Å². The standard InChI is InChI=1S/C39H61NSi/c1-26-25-34-29(27-15-6-4-7-16-27)22-14-23-32(34)38(26)41(2,3)39-31-20-11-10-19-30(31)36-33-21-12-13-24-35(33)40(37(36)39)28-17-8-5-9-18-28/h4,6-7,15-16,26,28-39H,5,8-14,17-25H2,1-3H3/t26?,29-,30?,31?,32?,33?,34?,35?,36?,37?,38?,39?/m0/s1. The van der Waals surface area contributed by atoms with Crippen molar-refractivity contribution in [3.05, 3.63) is 35.9 Å². The van der Waals surface area contributed by atoms with Gasteiger partial charge in [0, 0.05) is 18.1 Å². The van der Waals surface area contributed by atoms with E-state index in [1.54, 1.807) is 50.5 Å². The summed E-state index contributed by atoms with van der Waals surface area (Å²) in [6, 6.07) is 14.7. The SMILES string of the molecule is CC1CC2C(CCC[C@H]2c2ccccc2)C1[Si](C)(C)C1C2CCCCC2C2C3CCCCC3N(C3CCCCC3)C21. The molecule has 7 fully saturated rings. The van der Waals surface area contributed by atoms with E-state index in [1.165, 1.54) is 64.2 Å². The first kappa shape index (κ1) is 27.9. The van der Waals surface area contributed by atoms with Gasteiger partial charge in [-0.05, 0) is 109 Å². The molecule has 1 aromatic rings. The van der Waals surface area contributed by atoms with Crippen LogP contribution in [0.25, 0.3) is 0 Å². The molecule has 0 spiro atoms. The highest BCUT2D eigenvalue weighted by atomic mass is 28.3. The van der Waals surface area contributed by atoms with Crippen LogP contribution in [0.1, 0.15) is 128 Å². The third-order valence-electron chi connectivity index (χ3n) is 15.4. The molecule has 1 aliphatic heterocycles. The zero-order valence-electron chi connectivity index (χ0n) is 26.9. The van der Waals surface area contributed by atoms with Crippen molar-refractivity contribution >= 4 is 8.07 Å². The van der Waals surface area contributed by atoms with Crippen LogP contribution in [-0.4, -0.2) is 31.1 Å². The van der Waals surface area contributed by atoms with Crippen LogP contribution >= 0.6 is 0 Å². The van der Waals surface area contributed by atoms with E-state index in [1.807, 2.05) is 0 Å². The average molecular weight is 572 g/mol. The van der Waals surface area contributed by atoms with E-state index in [9.17, 15) is 0 Å². The first-order valence-electron chi connectivity index (χ1n) is 18.9. The largest absolute Gasteiger partial charge is 0.294 e. The minimum atomic E-state index is -1.54. The van der Waals surface area contributed by atoms with Gasteiger partial charge in [-0.15, -0.1) is 0 Å². The van der Waals surface area contributed by atoms with E-state index in [0.717, 1.165) is 76.6 Å². The molecule has 0 bridgehead atoms. The smallest absolute Gasteiger partial charge is 0.0561 e. The second-order valence-electron chi connectivity index (χ2n) is 17.3. The van der Waals surface area contributed by atoms with Gasteiger partial charge in [0.2, 0.25) is 0 Å². The molecule has 0 radical (unpaired) electrons. The quantitative estimate of drug-likeness (QED) is 0.325. The Balaban J connectivity index is 1.17. The van der Waals surface area contributed by atoms with E-state index in [4.69, 9.17) is 0 Å². The van der Waals surface area contributed by atoms with E-state index in [-0.39, 0.29) is 0 Å². The lowest BCUT2D eigenvalue weighted by atomic mass is 9.70. The summed E-state index contributed by atoms with van der Waals surface area (Å²) >= 11 is 0. The number of likely N-dealkylation sites (tertiary alicyclic amines) is 1. The van der Waals surface area contributed by atoms with Gasteiger partial charge >= 0.3 is 0 Å². The summed E-state index contributed by atoms with van der Waals surface area (Å²) in [5.41, 5.74) is 3.81. The van der Waals surface area contributed by atoms with Crippen molar-refractivity contribution in [2.45, 2.75) is 164 Å². The molecule has 7 aliphatic rings. The van der Waals surface area contributed by atoms with Gasteiger partial charge in [0.1, 0.15) is 0 Å². The molecule has 1 saturated heterocycles. The molecule has 0 amide bonds. The Morgan fingerprint density at radius 3 is 2.02 bits per heavy atom. The van der Waals surface area contributed by atoms with E-state index in [0.29, 0.717) is 0 Å². The van der Waals surface area contributed by atoms with Crippen LogP contribution in [0.2, 0.25) is 24.2 Å². The van der Waals surface area contributed by atoms with Crippen molar-refractivity contribution in [1.82, 2.24) is 4.90 Å². The van der Waals surface area contributed by atoms with Crippen molar-refractivity contribution in [3.8, 4) is 0 Å². The van der Waals surface area contributed by atoms with Gasteiger partial charge in [-0.3, -0.25) is 4.90 Å². The first-order valence-corrected chi connectivity index (χ1v) is 22.0. The predicted molar refractivity (Wildman–Crippen MR) is 176 cm³/mol. The van der Waals surface area contributed by atoms with E-state index >= 15 is 0 Å². The van der Waals surface area contributed by atoms with Gasteiger partial charge in [0.15, 0.2) is 0 Å². The molecule has 11 unspecified atom stereocenters. The minimum Gasteiger partial charge on any atom is -0.294 e. The van der Waals surface area contributed by atoms with Gasteiger partial charge in [-0.2, -0.15) is 0 Å². The molecular weight excluding hydrogens is 511 g/mol. The fourth-order valence-corrected chi connectivity index (χ4v) is 20.9. The Morgan fingerprint density at radius 2 is 1.24 bits per heavy atom. The van der Waals surface area contributed by atoms with Crippen LogP contribution in [0.15, 0.2) is 30.3 Å². The zero-order chi connectivity index (χ0) is 27.7. The number of rotatable bonds is 4. The number of hydrogen-bond acceptors (Lipinski definition) is 1. The highest BCUT2D eigenvalue weighted by Gasteiger charge is 2.68. The average Bonchev–Trinajstić information content (AvgIpc) is 3.64. The summed E-state index contributed by atoms with van der Waals surface area (Å²) in [6.07, 6.45) is 26.1. The predicted octanol–water partition coefficient (Wildman–Crippen LogP) is 10.7. The molecule has 12 atom stereocenters. The summed E-state index contributed by atoms with van der Waals surface area (Å²) in [5.74, 6) is 8.04.